The molecule has 4 nitrogen and oxygen atoms in total. The van der Waals surface area contributed by atoms with E-state index in [1.807, 2.05) is 25.3 Å². The molecule has 0 unspecified atom stereocenters. The average Bonchev–Trinajstić information content (AvgIpc) is 2.53. The van der Waals surface area contributed by atoms with E-state index >= 15 is 0 Å². The van der Waals surface area contributed by atoms with Crippen LogP contribution in [0.25, 0.3) is 0 Å². The fourth-order valence-electron chi connectivity index (χ4n) is 2.39. The van der Waals surface area contributed by atoms with Gasteiger partial charge in [-0.05, 0) is 56.7 Å². The van der Waals surface area contributed by atoms with E-state index in [1.54, 1.807) is 32.6 Å². The first kappa shape index (κ1) is 20.4. The van der Waals surface area contributed by atoms with E-state index in [9.17, 15) is 15.0 Å². The molecule has 0 fully saturated rings. The number of nitrogens with zero attached hydrogens (tertiary/aromatic N) is 1. The molecular weight excluding hydrogens is 330 g/mol. The van der Waals surface area contributed by atoms with Crippen LogP contribution in [0.3, 0.4) is 0 Å². The van der Waals surface area contributed by atoms with Gasteiger partial charge in [-0.15, -0.1) is 0 Å². The SMILES string of the molecule is CCN(C(=O)CCC(C)(C)SSC)c1cc(CO)cc(CO)c1. The topological polar surface area (TPSA) is 60.8 Å². The van der Waals surface area contributed by atoms with Crippen LogP contribution in [0.15, 0.2) is 18.2 Å². The summed E-state index contributed by atoms with van der Waals surface area (Å²) in [7, 11) is 3.50. The van der Waals surface area contributed by atoms with E-state index in [1.165, 1.54) is 0 Å². The molecule has 0 aliphatic rings. The standard InChI is InChI=1S/C17H27NO3S2/c1-5-18(16(21)6-7-17(2,3)23-22-4)15-9-13(11-19)8-14(10-15)12-20/h8-10,19-20H,5-7,11-12H2,1-4H3. The predicted molar refractivity (Wildman–Crippen MR) is 101 cm³/mol. The largest absolute Gasteiger partial charge is 0.392 e. The second-order valence-corrected chi connectivity index (χ2v) is 9.08. The maximum absolute atomic E-state index is 12.6. The van der Waals surface area contributed by atoms with Gasteiger partial charge in [0.05, 0.1) is 13.2 Å². The normalized spacial score (nSPS) is 11.6. The summed E-state index contributed by atoms with van der Waals surface area (Å²) in [5.41, 5.74) is 2.15. The number of rotatable bonds is 9. The van der Waals surface area contributed by atoms with Crippen LogP contribution in [0, 0.1) is 0 Å². The highest BCUT2D eigenvalue weighted by atomic mass is 33.1. The highest BCUT2D eigenvalue weighted by molar-refractivity contribution is 8.76. The van der Waals surface area contributed by atoms with Crippen molar-refractivity contribution in [3.05, 3.63) is 29.3 Å². The van der Waals surface area contributed by atoms with Gasteiger partial charge in [-0.2, -0.15) is 0 Å². The van der Waals surface area contributed by atoms with Gasteiger partial charge >= 0.3 is 0 Å². The minimum atomic E-state index is -0.107. The van der Waals surface area contributed by atoms with Crippen molar-refractivity contribution >= 4 is 33.2 Å². The highest BCUT2D eigenvalue weighted by Gasteiger charge is 2.22. The number of carbonyl (C=O) groups excluding carboxylic acids is 1. The average molecular weight is 358 g/mol. The van der Waals surface area contributed by atoms with Crippen LogP contribution >= 0.6 is 21.6 Å². The number of carbonyl (C=O) groups is 1. The van der Waals surface area contributed by atoms with Crippen LogP contribution in [0.1, 0.15) is 44.7 Å². The lowest BCUT2D eigenvalue weighted by Crippen LogP contribution is -2.32. The Hall–Kier alpha value is -0.690. The Bertz CT molecular complexity index is 498. The molecule has 23 heavy (non-hydrogen) atoms. The van der Waals surface area contributed by atoms with Crippen LogP contribution in [0.2, 0.25) is 0 Å². The summed E-state index contributed by atoms with van der Waals surface area (Å²) in [6.07, 6.45) is 3.33. The second-order valence-electron chi connectivity index (χ2n) is 5.97. The summed E-state index contributed by atoms with van der Waals surface area (Å²) in [6.45, 7) is 6.58. The summed E-state index contributed by atoms with van der Waals surface area (Å²) < 4.78 is 0.0533. The van der Waals surface area contributed by atoms with Crippen LogP contribution in [0.4, 0.5) is 5.69 Å². The van der Waals surface area contributed by atoms with Crippen LogP contribution in [-0.2, 0) is 18.0 Å². The molecule has 0 spiro atoms. The molecule has 1 amide bonds. The maximum atomic E-state index is 12.6. The first-order chi connectivity index (χ1) is 10.9. The molecular formula is C17H27NO3S2. The summed E-state index contributed by atoms with van der Waals surface area (Å²) in [5, 5.41) is 18.7. The van der Waals surface area contributed by atoms with Gasteiger partial charge in [0, 0.05) is 23.4 Å². The summed E-state index contributed by atoms with van der Waals surface area (Å²) in [4.78, 5) is 14.3. The summed E-state index contributed by atoms with van der Waals surface area (Å²) in [6, 6.07) is 5.37. The fourth-order valence-corrected chi connectivity index (χ4v) is 4.63. The van der Waals surface area contributed by atoms with Gasteiger partial charge in [0.2, 0.25) is 5.91 Å². The first-order valence-electron chi connectivity index (χ1n) is 7.73. The quantitative estimate of drug-likeness (QED) is 0.661. The van der Waals surface area contributed by atoms with Gasteiger partial charge in [0.1, 0.15) is 0 Å². The van der Waals surface area contributed by atoms with Gasteiger partial charge in [-0.25, -0.2) is 0 Å². The highest BCUT2D eigenvalue weighted by Crippen LogP contribution is 2.37. The Balaban J connectivity index is 2.89. The number of anilines is 1. The molecule has 1 rings (SSSR count). The molecule has 0 heterocycles. The lowest BCUT2D eigenvalue weighted by molar-refractivity contribution is -0.118. The zero-order chi connectivity index (χ0) is 17.5. The van der Waals surface area contributed by atoms with Crippen molar-refractivity contribution in [3.8, 4) is 0 Å². The number of aliphatic hydroxyl groups excluding tert-OH is 2. The van der Waals surface area contributed by atoms with Crippen molar-refractivity contribution < 1.29 is 15.0 Å². The Labute approximate surface area is 147 Å². The number of aliphatic hydroxyl groups is 2. The monoisotopic (exact) mass is 357 g/mol. The summed E-state index contributed by atoms with van der Waals surface area (Å²) in [5.74, 6) is 0.0706. The third kappa shape index (κ3) is 6.37. The number of benzene rings is 1. The third-order valence-electron chi connectivity index (χ3n) is 3.58. The van der Waals surface area contributed by atoms with E-state index in [-0.39, 0.29) is 23.9 Å². The smallest absolute Gasteiger partial charge is 0.227 e. The molecule has 6 heteroatoms. The molecule has 0 atom stereocenters. The molecule has 0 bridgehead atoms. The van der Waals surface area contributed by atoms with E-state index < -0.39 is 0 Å². The van der Waals surface area contributed by atoms with E-state index in [2.05, 4.69) is 13.8 Å². The third-order valence-corrected chi connectivity index (χ3v) is 6.26. The van der Waals surface area contributed by atoms with Crippen molar-refractivity contribution in [2.75, 3.05) is 17.7 Å². The molecule has 1 aromatic rings. The van der Waals surface area contributed by atoms with Crippen LogP contribution in [0.5, 0.6) is 0 Å². The van der Waals surface area contributed by atoms with Gasteiger partial charge < -0.3 is 15.1 Å². The van der Waals surface area contributed by atoms with Crippen molar-refractivity contribution in [3.63, 3.8) is 0 Å². The molecule has 0 saturated heterocycles. The molecule has 0 aliphatic heterocycles. The molecule has 0 aliphatic carbocycles. The second kappa shape index (κ2) is 9.57. The Morgan fingerprint density at radius 2 is 1.74 bits per heavy atom. The summed E-state index contributed by atoms with van der Waals surface area (Å²) >= 11 is 0. The van der Waals surface area contributed by atoms with Crippen molar-refractivity contribution in [1.82, 2.24) is 0 Å². The lowest BCUT2D eigenvalue weighted by Gasteiger charge is -2.26. The Kier molecular flexibility index (Phi) is 8.47. The molecule has 0 saturated carbocycles. The number of amides is 1. The fraction of sp³-hybridized carbons (Fsp3) is 0.588. The van der Waals surface area contributed by atoms with E-state index in [4.69, 9.17) is 0 Å². The molecule has 1 aromatic carbocycles. The number of hydrogen-bond donors (Lipinski definition) is 2. The zero-order valence-corrected chi connectivity index (χ0v) is 16.0. The van der Waals surface area contributed by atoms with Crippen molar-refractivity contribution in [1.29, 1.82) is 0 Å². The van der Waals surface area contributed by atoms with Gasteiger partial charge in [0.25, 0.3) is 0 Å². The van der Waals surface area contributed by atoms with Gasteiger partial charge in [0.15, 0.2) is 0 Å². The molecule has 2 N–H and O–H groups in total. The van der Waals surface area contributed by atoms with Gasteiger partial charge in [-0.3, -0.25) is 4.79 Å². The Morgan fingerprint density at radius 3 is 2.17 bits per heavy atom. The minimum absolute atomic E-state index is 0.0533. The zero-order valence-electron chi connectivity index (χ0n) is 14.3. The maximum Gasteiger partial charge on any atom is 0.227 e. The first-order valence-corrected chi connectivity index (χ1v) is 10.3. The predicted octanol–water partition coefficient (Wildman–Crippen LogP) is 3.59. The Morgan fingerprint density at radius 1 is 1.17 bits per heavy atom. The van der Waals surface area contributed by atoms with Crippen molar-refractivity contribution in [2.24, 2.45) is 0 Å². The lowest BCUT2D eigenvalue weighted by atomic mass is 10.1. The minimum Gasteiger partial charge on any atom is -0.392 e. The van der Waals surface area contributed by atoms with Crippen LogP contribution < -0.4 is 4.90 Å². The molecule has 130 valence electrons. The van der Waals surface area contributed by atoms with Crippen LogP contribution in [-0.4, -0.2) is 33.7 Å². The van der Waals surface area contributed by atoms with Crippen molar-refractivity contribution in [2.45, 2.75) is 51.6 Å². The van der Waals surface area contributed by atoms with E-state index in [0.717, 1.165) is 12.1 Å². The van der Waals surface area contributed by atoms with Gasteiger partial charge in [-0.1, -0.05) is 27.7 Å². The van der Waals surface area contributed by atoms with E-state index in [0.29, 0.717) is 24.1 Å². The molecule has 0 aromatic heterocycles. The molecule has 0 radical (unpaired) electrons. The number of hydrogen-bond acceptors (Lipinski definition) is 5.